The standard InChI is InChI=1S/C18H26FN5O3/c1-12(25)23-8-5-14(6-9-23)21-18-20-10-15(19)16(22-18)24-7-3-4-13(11-24)17(26)27-2/h10,13-14H,3-9,11H2,1-2H3,(H,20,21,22)/t13-/m0/s1. The largest absolute Gasteiger partial charge is 0.469 e. The number of ether oxygens (including phenoxy) is 1. The van der Waals surface area contributed by atoms with Crippen molar-refractivity contribution in [2.24, 2.45) is 5.92 Å². The van der Waals surface area contributed by atoms with Crippen LogP contribution >= 0.6 is 0 Å². The molecule has 0 aromatic carbocycles. The summed E-state index contributed by atoms with van der Waals surface area (Å²) in [7, 11) is 1.37. The van der Waals surface area contributed by atoms with E-state index in [-0.39, 0.29) is 29.7 Å². The lowest BCUT2D eigenvalue weighted by Gasteiger charge is -2.33. The Balaban J connectivity index is 1.66. The zero-order valence-electron chi connectivity index (χ0n) is 15.8. The highest BCUT2D eigenvalue weighted by Gasteiger charge is 2.29. The lowest BCUT2D eigenvalue weighted by atomic mass is 9.98. The molecule has 0 radical (unpaired) electrons. The van der Waals surface area contributed by atoms with Gasteiger partial charge < -0.3 is 19.9 Å². The van der Waals surface area contributed by atoms with Gasteiger partial charge in [0.1, 0.15) is 0 Å². The van der Waals surface area contributed by atoms with Crippen LogP contribution in [0.2, 0.25) is 0 Å². The monoisotopic (exact) mass is 379 g/mol. The minimum atomic E-state index is -0.502. The Kier molecular flexibility index (Phi) is 6.08. The number of rotatable bonds is 4. The molecule has 148 valence electrons. The summed E-state index contributed by atoms with van der Waals surface area (Å²) >= 11 is 0. The number of likely N-dealkylation sites (tertiary alicyclic amines) is 1. The van der Waals surface area contributed by atoms with Crippen LogP contribution in [-0.4, -0.2) is 66.1 Å². The molecule has 1 amide bonds. The Morgan fingerprint density at radius 2 is 2.00 bits per heavy atom. The van der Waals surface area contributed by atoms with Gasteiger partial charge in [-0.3, -0.25) is 9.59 Å². The number of carbonyl (C=O) groups is 2. The number of aromatic nitrogens is 2. The van der Waals surface area contributed by atoms with Crippen LogP contribution in [0.4, 0.5) is 16.2 Å². The molecule has 1 aromatic heterocycles. The third-order valence-corrected chi connectivity index (χ3v) is 5.25. The second-order valence-electron chi connectivity index (χ2n) is 7.10. The van der Waals surface area contributed by atoms with Gasteiger partial charge in [-0.2, -0.15) is 4.98 Å². The summed E-state index contributed by atoms with van der Waals surface area (Å²) in [4.78, 5) is 35.2. The van der Waals surface area contributed by atoms with E-state index in [4.69, 9.17) is 4.74 Å². The fraction of sp³-hybridized carbons (Fsp3) is 0.667. The summed E-state index contributed by atoms with van der Waals surface area (Å²) in [6.07, 6.45) is 4.26. The number of hydrogen-bond donors (Lipinski definition) is 1. The van der Waals surface area contributed by atoms with E-state index in [1.54, 1.807) is 11.8 Å². The van der Waals surface area contributed by atoms with Gasteiger partial charge >= 0.3 is 5.97 Å². The number of piperidine rings is 2. The first-order valence-electron chi connectivity index (χ1n) is 9.35. The molecule has 1 atom stereocenters. The van der Waals surface area contributed by atoms with E-state index in [2.05, 4.69) is 15.3 Å². The molecule has 3 heterocycles. The third-order valence-electron chi connectivity index (χ3n) is 5.25. The van der Waals surface area contributed by atoms with Crippen LogP contribution in [0.25, 0.3) is 0 Å². The highest BCUT2D eigenvalue weighted by Crippen LogP contribution is 2.25. The van der Waals surface area contributed by atoms with Gasteiger partial charge in [-0.1, -0.05) is 0 Å². The second-order valence-corrected chi connectivity index (χ2v) is 7.10. The Labute approximate surface area is 158 Å². The first kappa shape index (κ1) is 19.3. The van der Waals surface area contributed by atoms with Crippen molar-refractivity contribution in [1.82, 2.24) is 14.9 Å². The zero-order chi connectivity index (χ0) is 19.4. The van der Waals surface area contributed by atoms with Gasteiger partial charge in [-0.25, -0.2) is 9.37 Å². The Morgan fingerprint density at radius 1 is 1.26 bits per heavy atom. The molecule has 3 rings (SSSR count). The lowest BCUT2D eigenvalue weighted by molar-refractivity contribution is -0.145. The van der Waals surface area contributed by atoms with E-state index in [1.165, 1.54) is 7.11 Å². The maximum Gasteiger partial charge on any atom is 0.310 e. The van der Waals surface area contributed by atoms with Crippen LogP contribution in [0.15, 0.2) is 6.20 Å². The summed E-state index contributed by atoms with van der Waals surface area (Å²) in [6.45, 7) is 3.97. The number of carbonyl (C=O) groups excluding carboxylic acids is 2. The van der Waals surface area contributed by atoms with Crippen LogP contribution in [0.5, 0.6) is 0 Å². The van der Waals surface area contributed by atoms with Gasteiger partial charge in [-0.05, 0) is 25.7 Å². The van der Waals surface area contributed by atoms with E-state index >= 15 is 0 Å². The summed E-state index contributed by atoms with van der Waals surface area (Å²) in [5.41, 5.74) is 0. The molecule has 0 unspecified atom stereocenters. The summed E-state index contributed by atoms with van der Waals surface area (Å²) < 4.78 is 19.1. The molecule has 2 aliphatic heterocycles. The summed E-state index contributed by atoms with van der Waals surface area (Å²) in [5.74, 6) is -0.387. The Morgan fingerprint density at radius 3 is 2.67 bits per heavy atom. The first-order valence-corrected chi connectivity index (χ1v) is 9.35. The van der Waals surface area contributed by atoms with Crippen molar-refractivity contribution in [2.45, 2.75) is 38.6 Å². The molecule has 27 heavy (non-hydrogen) atoms. The van der Waals surface area contributed by atoms with E-state index in [0.717, 1.165) is 31.9 Å². The quantitative estimate of drug-likeness (QED) is 0.792. The van der Waals surface area contributed by atoms with Crippen molar-refractivity contribution in [1.29, 1.82) is 0 Å². The minimum absolute atomic E-state index is 0.0824. The predicted molar refractivity (Wildman–Crippen MR) is 97.8 cm³/mol. The van der Waals surface area contributed by atoms with Gasteiger partial charge in [0.15, 0.2) is 11.6 Å². The van der Waals surface area contributed by atoms with Crippen LogP contribution in [0.3, 0.4) is 0 Å². The topological polar surface area (TPSA) is 87.7 Å². The molecular weight excluding hydrogens is 353 g/mol. The maximum absolute atomic E-state index is 14.3. The Hall–Kier alpha value is -2.45. The van der Waals surface area contributed by atoms with Gasteiger partial charge in [-0.15, -0.1) is 0 Å². The number of methoxy groups -OCH3 is 1. The van der Waals surface area contributed by atoms with Crippen molar-refractivity contribution in [2.75, 3.05) is 43.5 Å². The van der Waals surface area contributed by atoms with E-state index in [0.29, 0.717) is 32.1 Å². The van der Waals surface area contributed by atoms with Crippen LogP contribution < -0.4 is 10.2 Å². The highest BCUT2D eigenvalue weighted by atomic mass is 19.1. The first-order chi connectivity index (χ1) is 13.0. The molecule has 1 N–H and O–H groups in total. The number of anilines is 2. The van der Waals surface area contributed by atoms with Crippen LogP contribution in [0.1, 0.15) is 32.6 Å². The smallest absolute Gasteiger partial charge is 0.310 e. The predicted octanol–water partition coefficient (Wildman–Crippen LogP) is 1.43. The molecule has 2 fully saturated rings. The minimum Gasteiger partial charge on any atom is -0.469 e. The van der Waals surface area contributed by atoms with Gasteiger partial charge in [0, 0.05) is 39.1 Å². The Bertz CT molecular complexity index is 694. The van der Waals surface area contributed by atoms with Crippen molar-refractivity contribution in [3.05, 3.63) is 12.0 Å². The molecular formula is C18H26FN5O3. The van der Waals surface area contributed by atoms with Crippen molar-refractivity contribution >= 4 is 23.6 Å². The fourth-order valence-corrected chi connectivity index (χ4v) is 3.70. The highest BCUT2D eigenvalue weighted by molar-refractivity contribution is 5.73. The second kappa shape index (κ2) is 8.49. The average molecular weight is 379 g/mol. The number of halogens is 1. The van der Waals surface area contributed by atoms with Crippen LogP contribution in [-0.2, 0) is 14.3 Å². The molecule has 0 bridgehead atoms. The van der Waals surface area contributed by atoms with Gasteiger partial charge in [0.25, 0.3) is 0 Å². The SMILES string of the molecule is COC(=O)[C@H]1CCCN(c2nc(NC3CCN(C(C)=O)CC3)ncc2F)C1. The molecule has 2 saturated heterocycles. The number of nitrogens with one attached hydrogen (secondary N) is 1. The average Bonchev–Trinajstić information content (AvgIpc) is 2.69. The summed E-state index contributed by atoms with van der Waals surface area (Å²) in [5, 5.41) is 3.25. The molecule has 0 aliphatic carbocycles. The molecule has 0 saturated carbocycles. The fourth-order valence-electron chi connectivity index (χ4n) is 3.70. The summed E-state index contributed by atoms with van der Waals surface area (Å²) in [6, 6.07) is 0.142. The number of esters is 1. The van der Waals surface area contributed by atoms with Gasteiger partial charge in [0.05, 0.1) is 19.2 Å². The van der Waals surface area contributed by atoms with E-state index < -0.39 is 5.82 Å². The molecule has 8 nitrogen and oxygen atoms in total. The molecule has 9 heteroatoms. The number of nitrogens with zero attached hydrogens (tertiary/aromatic N) is 4. The van der Waals surface area contributed by atoms with Crippen molar-refractivity contribution in [3.63, 3.8) is 0 Å². The van der Waals surface area contributed by atoms with Crippen molar-refractivity contribution < 1.29 is 18.7 Å². The van der Waals surface area contributed by atoms with E-state index in [1.807, 2.05) is 4.90 Å². The van der Waals surface area contributed by atoms with Crippen LogP contribution in [0, 0.1) is 11.7 Å². The molecule has 1 aromatic rings. The number of hydrogen-bond acceptors (Lipinski definition) is 7. The normalized spacial score (nSPS) is 21.1. The third kappa shape index (κ3) is 4.64. The lowest BCUT2D eigenvalue weighted by Crippen LogP contribution is -2.42. The van der Waals surface area contributed by atoms with Gasteiger partial charge in [0.2, 0.25) is 11.9 Å². The zero-order valence-corrected chi connectivity index (χ0v) is 15.8. The molecule has 2 aliphatic rings. The number of amides is 1. The van der Waals surface area contributed by atoms with E-state index in [9.17, 15) is 14.0 Å². The molecule has 0 spiro atoms. The van der Waals surface area contributed by atoms with Crippen molar-refractivity contribution in [3.8, 4) is 0 Å². The maximum atomic E-state index is 14.3.